The van der Waals surface area contributed by atoms with Crippen molar-refractivity contribution >= 4 is 22.3 Å². The Kier molecular flexibility index (Phi) is 4.45. The van der Waals surface area contributed by atoms with Gasteiger partial charge < -0.3 is 9.84 Å². The Balaban J connectivity index is 2.91. The van der Waals surface area contributed by atoms with Crippen LogP contribution in [0.25, 0.3) is 0 Å². The zero-order valence-corrected chi connectivity index (χ0v) is 10.8. The molecule has 0 saturated carbocycles. The molecule has 0 bridgehead atoms. The smallest absolute Gasteiger partial charge is 0.421 e. The van der Waals surface area contributed by atoms with E-state index in [0.717, 1.165) is 7.11 Å². The number of aliphatic carboxylic acids is 1. The number of nitrogens with one attached hydrogen (secondary N) is 2. The molecule has 1 heterocycles. The Labute approximate surface area is 108 Å². The molecule has 10 nitrogen and oxygen atoms in total. The van der Waals surface area contributed by atoms with E-state index in [1.54, 1.807) is 11.8 Å². The molecule has 0 saturated heterocycles. The van der Waals surface area contributed by atoms with Gasteiger partial charge in [0.2, 0.25) is 0 Å². The molecule has 1 atom stereocenters. The van der Waals surface area contributed by atoms with Crippen LogP contribution >= 0.6 is 0 Å². The molecular formula is C8H12N4O6S. The lowest BCUT2D eigenvalue weighted by Gasteiger charge is -2.13. The van der Waals surface area contributed by atoms with Crippen LogP contribution in [0, 0.1) is 0 Å². The van der Waals surface area contributed by atoms with Crippen molar-refractivity contribution in [2.75, 3.05) is 7.11 Å². The second kappa shape index (κ2) is 5.67. The maximum absolute atomic E-state index is 11.5. The highest BCUT2D eigenvalue weighted by molar-refractivity contribution is 7.88. The van der Waals surface area contributed by atoms with Crippen LogP contribution in [0.3, 0.4) is 0 Å². The number of hydrogen-bond donors (Lipinski definition) is 3. The predicted octanol–water partition coefficient (Wildman–Crippen LogP) is -1.26. The topological polar surface area (TPSA) is 140 Å². The van der Waals surface area contributed by atoms with Gasteiger partial charge >= 0.3 is 22.3 Å². The number of aryl methyl sites for hydroxylation is 1. The van der Waals surface area contributed by atoms with Crippen molar-refractivity contribution in [3.05, 3.63) is 18.0 Å². The third kappa shape index (κ3) is 4.22. The summed E-state index contributed by atoms with van der Waals surface area (Å²) in [6.45, 7) is 0. The van der Waals surface area contributed by atoms with E-state index in [1.165, 1.54) is 21.8 Å². The van der Waals surface area contributed by atoms with Crippen molar-refractivity contribution in [3.63, 3.8) is 0 Å². The first-order chi connectivity index (χ1) is 8.75. The molecule has 1 aromatic rings. The molecule has 3 N–H and O–H groups in total. The molecule has 0 fully saturated rings. The van der Waals surface area contributed by atoms with Crippen LogP contribution in [0.2, 0.25) is 0 Å². The number of carboxylic acid groups (broad SMARTS) is 1. The molecule has 11 heteroatoms. The van der Waals surface area contributed by atoms with E-state index in [2.05, 4.69) is 9.84 Å². The maximum Gasteiger partial charge on any atom is 0.421 e. The molecule has 19 heavy (non-hydrogen) atoms. The van der Waals surface area contributed by atoms with E-state index in [1.807, 2.05) is 0 Å². The average Bonchev–Trinajstić information content (AvgIpc) is 2.71. The maximum atomic E-state index is 11.5. The van der Waals surface area contributed by atoms with E-state index in [0.29, 0.717) is 0 Å². The fraction of sp³-hybridized carbons (Fsp3) is 0.375. The Morgan fingerprint density at radius 1 is 1.53 bits per heavy atom. The van der Waals surface area contributed by atoms with Crippen LogP contribution in [0.1, 0.15) is 11.6 Å². The number of carbonyl (C=O) groups is 2. The van der Waals surface area contributed by atoms with Crippen LogP contribution in [0.4, 0.5) is 4.79 Å². The lowest BCUT2D eigenvalue weighted by atomic mass is 10.2. The molecule has 106 valence electrons. The minimum absolute atomic E-state index is 0.116. The summed E-state index contributed by atoms with van der Waals surface area (Å²) in [6, 6.07) is -1.57. The summed E-state index contributed by atoms with van der Waals surface area (Å²) < 4.78 is 31.7. The minimum atomic E-state index is -4.37. The van der Waals surface area contributed by atoms with Gasteiger partial charge in [0, 0.05) is 18.8 Å². The lowest BCUT2D eigenvalue weighted by molar-refractivity contribution is -0.139. The fourth-order valence-corrected chi connectivity index (χ4v) is 2.10. The van der Waals surface area contributed by atoms with Crippen molar-refractivity contribution in [2.24, 2.45) is 7.05 Å². The zero-order valence-electron chi connectivity index (χ0n) is 10.0. The summed E-state index contributed by atoms with van der Waals surface area (Å²) >= 11 is 0. The highest BCUT2D eigenvalue weighted by Gasteiger charge is 2.28. The quantitative estimate of drug-likeness (QED) is 0.615. The number of nitrogens with zero attached hydrogens (tertiary/aromatic N) is 2. The van der Waals surface area contributed by atoms with E-state index in [9.17, 15) is 18.0 Å². The van der Waals surface area contributed by atoms with Gasteiger partial charge in [0.15, 0.2) is 0 Å². The number of hydrogen-bond acceptors (Lipinski definition) is 6. The van der Waals surface area contributed by atoms with E-state index >= 15 is 0 Å². The summed E-state index contributed by atoms with van der Waals surface area (Å²) in [5, 5.41) is 12.7. The van der Waals surface area contributed by atoms with Gasteiger partial charge in [0.25, 0.3) is 0 Å². The van der Waals surface area contributed by atoms with Gasteiger partial charge in [-0.2, -0.15) is 18.2 Å². The summed E-state index contributed by atoms with van der Waals surface area (Å²) in [6.07, 6.45) is 1.29. The van der Waals surface area contributed by atoms with Gasteiger partial charge in [-0.05, 0) is 0 Å². The molecule has 0 radical (unpaired) electrons. The van der Waals surface area contributed by atoms with Crippen molar-refractivity contribution in [3.8, 4) is 0 Å². The minimum Gasteiger partial charge on any atom is -0.480 e. The average molecular weight is 292 g/mol. The molecule has 1 aromatic heterocycles. The Morgan fingerprint density at radius 3 is 2.58 bits per heavy atom. The van der Waals surface area contributed by atoms with Crippen molar-refractivity contribution < 1.29 is 27.9 Å². The van der Waals surface area contributed by atoms with E-state index in [4.69, 9.17) is 5.11 Å². The first-order valence-corrected chi connectivity index (χ1v) is 6.33. The van der Waals surface area contributed by atoms with Crippen LogP contribution in [0.15, 0.2) is 12.4 Å². The number of aromatic nitrogens is 2. The molecule has 0 aromatic carbocycles. The van der Waals surface area contributed by atoms with Gasteiger partial charge in [0.1, 0.15) is 6.04 Å². The van der Waals surface area contributed by atoms with Crippen LogP contribution < -0.4 is 9.44 Å². The first kappa shape index (κ1) is 14.9. The third-order valence-electron chi connectivity index (χ3n) is 1.98. The second-order valence-corrected chi connectivity index (χ2v) is 4.88. The van der Waals surface area contributed by atoms with Gasteiger partial charge in [0.05, 0.1) is 13.3 Å². The largest absolute Gasteiger partial charge is 0.480 e. The predicted molar refractivity (Wildman–Crippen MR) is 61.2 cm³/mol. The van der Waals surface area contributed by atoms with Gasteiger partial charge in [-0.3, -0.25) is 9.48 Å². The standard InChI is InChI=1S/C8H12N4O6S/c1-12-4-5(3-9-12)6(7(13)14)10-19(16,17)11-8(15)18-2/h3-4,6,10H,1-2H3,(H,11,15)(H,13,14). The summed E-state index contributed by atoms with van der Waals surface area (Å²) in [4.78, 5) is 21.8. The number of methoxy groups -OCH3 is 1. The highest BCUT2D eigenvalue weighted by Crippen LogP contribution is 2.12. The molecule has 0 aliphatic heterocycles. The Hall–Kier alpha value is -2.14. The highest BCUT2D eigenvalue weighted by atomic mass is 32.2. The summed E-state index contributed by atoms with van der Waals surface area (Å²) in [7, 11) is -1.85. The number of carboxylic acids is 1. The number of carbonyl (C=O) groups excluding carboxylic acids is 1. The fourth-order valence-electron chi connectivity index (χ4n) is 1.19. The monoisotopic (exact) mass is 292 g/mol. The third-order valence-corrected chi connectivity index (χ3v) is 2.96. The molecule has 1 rings (SSSR count). The Morgan fingerprint density at radius 2 is 2.16 bits per heavy atom. The van der Waals surface area contributed by atoms with Crippen LogP contribution in [-0.2, 0) is 26.8 Å². The zero-order chi connectivity index (χ0) is 14.6. The first-order valence-electron chi connectivity index (χ1n) is 4.84. The number of amides is 1. The van der Waals surface area contributed by atoms with Crippen LogP contribution in [-0.4, -0.2) is 42.5 Å². The number of ether oxygens (including phenoxy) is 1. The molecule has 0 aliphatic rings. The second-order valence-electron chi connectivity index (χ2n) is 3.43. The van der Waals surface area contributed by atoms with Gasteiger partial charge in [-0.1, -0.05) is 0 Å². The lowest BCUT2D eigenvalue weighted by Crippen LogP contribution is -2.43. The molecule has 0 aliphatic carbocycles. The van der Waals surface area contributed by atoms with Gasteiger partial charge in [-0.25, -0.2) is 9.52 Å². The van der Waals surface area contributed by atoms with Crippen LogP contribution in [0.5, 0.6) is 0 Å². The van der Waals surface area contributed by atoms with E-state index in [-0.39, 0.29) is 5.56 Å². The van der Waals surface area contributed by atoms with Crippen molar-refractivity contribution in [2.45, 2.75) is 6.04 Å². The van der Waals surface area contributed by atoms with E-state index < -0.39 is 28.3 Å². The van der Waals surface area contributed by atoms with Crippen molar-refractivity contribution in [1.82, 2.24) is 19.2 Å². The molecular weight excluding hydrogens is 280 g/mol. The van der Waals surface area contributed by atoms with Crippen molar-refractivity contribution in [1.29, 1.82) is 0 Å². The van der Waals surface area contributed by atoms with Gasteiger partial charge in [-0.15, -0.1) is 0 Å². The summed E-state index contributed by atoms with van der Waals surface area (Å²) in [5.74, 6) is -1.44. The molecule has 1 amide bonds. The molecule has 0 spiro atoms. The SMILES string of the molecule is COC(=O)NS(=O)(=O)NC(C(=O)O)c1cnn(C)c1. The number of rotatable bonds is 5. The Bertz CT molecular complexity index is 580. The molecule has 1 unspecified atom stereocenters. The summed E-state index contributed by atoms with van der Waals surface area (Å²) in [5.41, 5.74) is 0.116. The normalized spacial score (nSPS) is 12.7.